The third kappa shape index (κ3) is 4.67. The lowest BCUT2D eigenvalue weighted by molar-refractivity contribution is 0.292. The summed E-state index contributed by atoms with van der Waals surface area (Å²) in [6.07, 6.45) is 6.87. The molecule has 1 heterocycles. The molecule has 0 aliphatic heterocycles. The number of aryl methyl sites for hydroxylation is 1. The number of nitriles is 1. The second-order valence-electron chi connectivity index (χ2n) is 6.14. The summed E-state index contributed by atoms with van der Waals surface area (Å²) in [6.45, 7) is 2.68. The largest absolute Gasteiger partial charge is 0.472 e. The molecule has 0 aliphatic rings. The fourth-order valence-corrected chi connectivity index (χ4v) is 2.60. The Morgan fingerprint density at radius 1 is 0.923 bits per heavy atom. The van der Waals surface area contributed by atoms with Crippen LogP contribution in [0.5, 0.6) is 5.88 Å². The minimum atomic E-state index is 0.471. The quantitative estimate of drug-likeness (QED) is 0.610. The first kappa shape index (κ1) is 17.6. The minimum absolute atomic E-state index is 0.471. The van der Waals surface area contributed by atoms with Gasteiger partial charge in [-0.05, 0) is 36.1 Å². The SMILES string of the molecule is CCCCc1ccc(COc2cnc(-c3ccc(C#N)cc3)cn2)cc1. The molecule has 4 nitrogen and oxygen atoms in total. The van der Waals surface area contributed by atoms with Gasteiger partial charge in [0.1, 0.15) is 6.61 Å². The fourth-order valence-electron chi connectivity index (χ4n) is 2.60. The van der Waals surface area contributed by atoms with Crippen molar-refractivity contribution < 1.29 is 4.74 Å². The molecule has 0 saturated carbocycles. The van der Waals surface area contributed by atoms with Gasteiger partial charge in [0.2, 0.25) is 5.88 Å². The summed E-state index contributed by atoms with van der Waals surface area (Å²) in [5, 5.41) is 8.85. The van der Waals surface area contributed by atoms with Crippen LogP contribution in [0.2, 0.25) is 0 Å². The molecule has 0 unspecified atom stereocenters. The number of hydrogen-bond donors (Lipinski definition) is 0. The van der Waals surface area contributed by atoms with Gasteiger partial charge in [-0.15, -0.1) is 0 Å². The van der Waals surface area contributed by atoms with Crippen LogP contribution >= 0.6 is 0 Å². The normalized spacial score (nSPS) is 10.3. The summed E-state index contributed by atoms with van der Waals surface area (Å²) in [6, 6.07) is 17.9. The Hall–Kier alpha value is -3.19. The average molecular weight is 343 g/mol. The number of unbranched alkanes of at least 4 members (excludes halogenated alkanes) is 1. The van der Waals surface area contributed by atoms with Gasteiger partial charge in [-0.1, -0.05) is 49.7 Å². The van der Waals surface area contributed by atoms with E-state index in [9.17, 15) is 0 Å². The lowest BCUT2D eigenvalue weighted by atomic mass is 10.1. The first-order valence-corrected chi connectivity index (χ1v) is 8.81. The molecule has 1 aromatic heterocycles. The number of benzene rings is 2. The molecule has 0 aliphatic carbocycles. The van der Waals surface area contributed by atoms with Crippen LogP contribution in [0.25, 0.3) is 11.3 Å². The van der Waals surface area contributed by atoms with Crippen LogP contribution in [0.4, 0.5) is 0 Å². The van der Waals surface area contributed by atoms with Gasteiger partial charge in [0.25, 0.3) is 0 Å². The van der Waals surface area contributed by atoms with Crippen molar-refractivity contribution in [1.82, 2.24) is 9.97 Å². The van der Waals surface area contributed by atoms with Gasteiger partial charge in [0.05, 0.1) is 29.7 Å². The maximum absolute atomic E-state index is 8.85. The van der Waals surface area contributed by atoms with Crippen LogP contribution in [-0.2, 0) is 13.0 Å². The van der Waals surface area contributed by atoms with Crippen molar-refractivity contribution in [3.05, 3.63) is 77.6 Å². The monoisotopic (exact) mass is 343 g/mol. The van der Waals surface area contributed by atoms with Crippen molar-refractivity contribution in [2.75, 3.05) is 0 Å². The van der Waals surface area contributed by atoms with E-state index in [0.717, 1.165) is 23.2 Å². The zero-order valence-electron chi connectivity index (χ0n) is 14.9. The van der Waals surface area contributed by atoms with Crippen LogP contribution in [0.1, 0.15) is 36.5 Å². The summed E-state index contributed by atoms with van der Waals surface area (Å²) in [5.41, 5.74) is 4.78. The van der Waals surface area contributed by atoms with Gasteiger partial charge in [-0.3, -0.25) is 0 Å². The zero-order valence-corrected chi connectivity index (χ0v) is 14.9. The van der Waals surface area contributed by atoms with Crippen LogP contribution in [0.3, 0.4) is 0 Å². The molecule has 0 saturated heterocycles. The van der Waals surface area contributed by atoms with Crippen LogP contribution < -0.4 is 4.74 Å². The number of nitrogens with zero attached hydrogens (tertiary/aromatic N) is 3. The number of hydrogen-bond acceptors (Lipinski definition) is 4. The second-order valence-corrected chi connectivity index (χ2v) is 6.14. The highest BCUT2D eigenvalue weighted by Crippen LogP contribution is 2.18. The predicted octanol–water partition coefficient (Wildman–Crippen LogP) is 4.94. The maximum Gasteiger partial charge on any atom is 0.232 e. The summed E-state index contributed by atoms with van der Waals surface area (Å²) < 4.78 is 5.72. The van der Waals surface area contributed by atoms with E-state index in [2.05, 4.69) is 47.2 Å². The number of ether oxygens (including phenoxy) is 1. The third-order valence-electron chi connectivity index (χ3n) is 4.17. The smallest absolute Gasteiger partial charge is 0.232 e. The zero-order chi connectivity index (χ0) is 18.2. The van der Waals surface area contributed by atoms with Crippen molar-refractivity contribution in [1.29, 1.82) is 5.26 Å². The van der Waals surface area contributed by atoms with Gasteiger partial charge >= 0.3 is 0 Å². The predicted molar refractivity (Wildman–Crippen MR) is 102 cm³/mol. The Kier molecular flexibility index (Phi) is 5.95. The van der Waals surface area contributed by atoms with Crippen molar-refractivity contribution in [3.63, 3.8) is 0 Å². The van der Waals surface area contributed by atoms with E-state index < -0.39 is 0 Å². The highest BCUT2D eigenvalue weighted by molar-refractivity contribution is 5.59. The second kappa shape index (κ2) is 8.77. The Morgan fingerprint density at radius 2 is 1.65 bits per heavy atom. The van der Waals surface area contributed by atoms with E-state index in [4.69, 9.17) is 10.00 Å². The number of rotatable bonds is 7. The molecule has 0 bridgehead atoms. The fraction of sp³-hybridized carbons (Fsp3) is 0.227. The van der Waals surface area contributed by atoms with Gasteiger partial charge in [0, 0.05) is 5.56 Å². The molecule has 130 valence electrons. The Balaban J connectivity index is 1.58. The minimum Gasteiger partial charge on any atom is -0.472 e. The van der Waals surface area contributed by atoms with E-state index in [1.807, 2.05) is 12.1 Å². The van der Waals surface area contributed by atoms with Crippen LogP contribution in [0, 0.1) is 11.3 Å². The van der Waals surface area contributed by atoms with Crippen molar-refractivity contribution >= 4 is 0 Å². The lowest BCUT2D eigenvalue weighted by Gasteiger charge is -2.07. The van der Waals surface area contributed by atoms with Crippen molar-refractivity contribution in [2.45, 2.75) is 32.8 Å². The van der Waals surface area contributed by atoms with Gasteiger partial charge in [-0.25, -0.2) is 9.97 Å². The van der Waals surface area contributed by atoms with Crippen molar-refractivity contribution in [3.8, 4) is 23.2 Å². The van der Waals surface area contributed by atoms with Crippen molar-refractivity contribution in [2.24, 2.45) is 0 Å². The third-order valence-corrected chi connectivity index (χ3v) is 4.17. The molecule has 26 heavy (non-hydrogen) atoms. The standard InChI is InChI=1S/C22H21N3O/c1-2-3-4-17-5-7-19(8-6-17)16-26-22-15-24-21(14-25-22)20-11-9-18(13-23)10-12-20/h5-12,14-15H,2-4,16H2,1H3. The van der Waals surface area contributed by atoms with Gasteiger partial charge < -0.3 is 4.74 Å². The summed E-state index contributed by atoms with van der Waals surface area (Å²) in [7, 11) is 0. The molecule has 4 heteroatoms. The molecular formula is C22H21N3O. The molecule has 0 amide bonds. The molecule has 3 rings (SSSR count). The summed E-state index contributed by atoms with van der Waals surface area (Å²) in [4.78, 5) is 8.72. The van der Waals surface area contributed by atoms with Crippen LogP contribution in [0.15, 0.2) is 60.9 Å². The molecule has 0 fully saturated rings. The summed E-state index contributed by atoms with van der Waals surface area (Å²) in [5.74, 6) is 0.498. The molecule has 0 radical (unpaired) electrons. The first-order valence-electron chi connectivity index (χ1n) is 8.81. The van der Waals surface area contributed by atoms with E-state index in [0.29, 0.717) is 18.1 Å². The highest BCUT2D eigenvalue weighted by atomic mass is 16.5. The molecule has 0 atom stereocenters. The lowest BCUT2D eigenvalue weighted by Crippen LogP contribution is -1.98. The Morgan fingerprint density at radius 3 is 2.27 bits per heavy atom. The number of aromatic nitrogens is 2. The highest BCUT2D eigenvalue weighted by Gasteiger charge is 2.03. The van der Waals surface area contributed by atoms with Gasteiger partial charge in [0.15, 0.2) is 0 Å². The van der Waals surface area contributed by atoms with Crippen LogP contribution in [-0.4, -0.2) is 9.97 Å². The summed E-state index contributed by atoms with van der Waals surface area (Å²) >= 11 is 0. The maximum atomic E-state index is 8.85. The Labute approximate surface area is 154 Å². The molecule has 2 aromatic carbocycles. The van der Waals surface area contributed by atoms with E-state index in [1.54, 1.807) is 24.5 Å². The molecule has 0 N–H and O–H groups in total. The van der Waals surface area contributed by atoms with E-state index in [-0.39, 0.29) is 0 Å². The van der Waals surface area contributed by atoms with E-state index >= 15 is 0 Å². The first-order chi connectivity index (χ1) is 12.8. The van der Waals surface area contributed by atoms with Gasteiger partial charge in [-0.2, -0.15) is 5.26 Å². The average Bonchev–Trinajstić information content (AvgIpc) is 2.72. The Bertz CT molecular complexity index is 863. The molecular weight excluding hydrogens is 322 g/mol. The molecule has 3 aromatic rings. The topological polar surface area (TPSA) is 58.8 Å². The van der Waals surface area contributed by atoms with E-state index in [1.165, 1.54) is 18.4 Å². The molecule has 0 spiro atoms.